The number of rotatable bonds is 5. The quantitative estimate of drug-likeness (QED) is 0.577. The van der Waals surface area contributed by atoms with Gasteiger partial charge in [0.05, 0.1) is 17.1 Å². The largest absolute Gasteiger partial charge is 0.454 e. The lowest BCUT2D eigenvalue weighted by Gasteiger charge is -2.24. The Hall–Kier alpha value is -3.11. The highest BCUT2D eigenvalue weighted by Gasteiger charge is 2.28. The van der Waals surface area contributed by atoms with Gasteiger partial charge in [-0.3, -0.25) is 9.78 Å². The van der Waals surface area contributed by atoms with E-state index in [1.54, 1.807) is 12.3 Å². The summed E-state index contributed by atoms with van der Waals surface area (Å²) >= 11 is 1.26. The summed E-state index contributed by atoms with van der Waals surface area (Å²) in [6.45, 7) is 3.50. The van der Waals surface area contributed by atoms with Crippen molar-refractivity contribution >= 4 is 34.0 Å². The van der Waals surface area contributed by atoms with E-state index < -0.39 is 24.3 Å². The van der Waals surface area contributed by atoms with Crippen molar-refractivity contribution in [1.29, 1.82) is 5.26 Å². The van der Waals surface area contributed by atoms with Gasteiger partial charge in [-0.1, -0.05) is 25.1 Å². The highest BCUT2D eigenvalue weighted by molar-refractivity contribution is 7.09. The number of Topliss-reactive ketones (excluding diaryl/α,β-unsaturated/α-hetero) is 1. The maximum absolute atomic E-state index is 13.1. The zero-order valence-corrected chi connectivity index (χ0v) is 17.7. The molecule has 0 bridgehead atoms. The van der Waals surface area contributed by atoms with Gasteiger partial charge in [-0.25, -0.2) is 9.78 Å². The van der Waals surface area contributed by atoms with Crippen LogP contribution in [0.4, 0.5) is 0 Å². The third-order valence-corrected chi connectivity index (χ3v) is 6.42. The molecule has 0 saturated heterocycles. The molecule has 2 heterocycles. The van der Waals surface area contributed by atoms with Crippen LogP contribution >= 0.6 is 11.3 Å². The van der Waals surface area contributed by atoms with E-state index in [1.165, 1.54) is 11.3 Å². The summed E-state index contributed by atoms with van der Waals surface area (Å²) in [5, 5.41) is 12.4. The summed E-state index contributed by atoms with van der Waals surface area (Å²) in [6.07, 6.45) is 2.60. The van der Waals surface area contributed by atoms with Crippen LogP contribution in [0.3, 0.4) is 0 Å². The highest BCUT2D eigenvalue weighted by atomic mass is 32.1. The van der Waals surface area contributed by atoms with E-state index in [9.17, 15) is 14.9 Å². The molecule has 4 rings (SSSR count). The summed E-state index contributed by atoms with van der Waals surface area (Å²) in [7, 11) is 0. The maximum Gasteiger partial charge on any atom is 0.339 e. The SMILES string of the molecule is Cc1csc([C@H](C#N)C(=O)COC(=O)c2c3c(nc4ccccc24)CC[C@H](C)C3)n1. The zero-order chi connectivity index (χ0) is 21.3. The molecule has 2 atom stereocenters. The van der Waals surface area contributed by atoms with Crippen LogP contribution in [0.15, 0.2) is 29.6 Å². The summed E-state index contributed by atoms with van der Waals surface area (Å²) in [5.74, 6) is -1.59. The molecule has 30 heavy (non-hydrogen) atoms. The van der Waals surface area contributed by atoms with Crippen molar-refractivity contribution < 1.29 is 14.3 Å². The molecule has 0 amide bonds. The number of nitriles is 1. The minimum Gasteiger partial charge on any atom is -0.454 e. The van der Waals surface area contributed by atoms with Crippen molar-refractivity contribution in [1.82, 2.24) is 9.97 Å². The number of carbonyl (C=O) groups is 2. The Balaban J connectivity index is 1.61. The first-order valence-corrected chi connectivity index (χ1v) is 10.8. The van der Waals surface area contributed by atoms with E-state index in [2.05, 4.69) is 11.9 Å². The van der Waals surface area contributed by atoms with E-state index in [0.29, 0.717) is 16.5 Å². The second-order valence-electron chi connectivity index (χ2n) is 7.71. The number of ketones is 1. The van der Waals surface area contributed by atoms with Gasteiger partial charge >= 0.3 is 5.97 Å². The number of benzene rings is 1. The number of aromatic nitrogens is 2. The molecular weight excluding hydrogens is 398 g/mol. The number of nitrogens with zero attached hydrogens (tertiary/aromatic N) is 3. The predicted molar refractivity (Wildman–Crippen MR) is 113 cm³/mol. The number of hydrogen-bond donors (Lipinski definition) is 0. The van der Waals surface area contributed by atoms with E-state index in [0.717, 1.165) is 47.1 Å². The average molecular weight is 420 g/mol. The van der Waals surface area contributed by atoms with Gasteiger partial charge in [0.2, 0.25) is 0 Å². The lowest BCUT2D eigenvalue weighted by molar-refractivity contribution is -0.122. The van der Waals surface area contributed by atoms with Crippen LogP contribution in [0.25, 0.3) is 10.9 Å². The first-order chi connectivity index (χ1) is 14.5. The van der Waals surface area contributed by atoms with Crippen molar-refractivity contribution in [3.05, 3.63) is 57.2 Å². The van der Waals surface area contributed by atoms with E-state index in [4.69, 9.17) is 9.72 Å². The number of para-hydroxylation sites is 1. The van der Waals surface area contributed by atoms with E-state index in [-0.39, 0.29) is 0 Å². The van der Waals surface area contributed by atoms with Gasteiger partial charge < -0.3 is 4.74 Å². The van der Waals surface area contributed by atoms with Crippen LogP contribution in [0.5, 0.6) is 0 Å². The summed E-state index contributed by atoms with van der Waals surface area (Å²) < 4.78 is 5.42. The normalized spacial score (nSPS) is 16.5. The molecule has 0 fully saturated rings. The molecular formula is C23H21N3O3S. The number of aryl methyl sites for hydroxylation is 2. The van der Waals surface area contributed by atoms with E-state index in [1.807, 2.05) is 30.3 Å². The Kier molecular flexibility index (Phi) is 5.60. The van der Waals surface area contributed by atoms with Gasteiger partial charge in [-0.15, -0.1) is 11.3 Å². The van der Waals surface area contributed by atoms with Crippen molar-refractivity contribution in [3.63, 3.8) is 0 Å². The third-order valence-electron chi connectivity index (χ3n) is 5.39. The van der Waals surface area contributed by atoms with Crippen molar-refractivity contribution in [2.45, 2.75) is 39.0 Å². The number of fused-ring (bicyclic) bond motifs is 2. The fourth-order valence-electron chi connectivity index (χ4n) is 3.86. The monoisotopic (exact) mass is 419 g/mol. The number of thiazole rings is 1. The fourth-order valence-corrected chi connectivity index (χ4v) is 4.72. The molecule has 3 aromatic rings. The number of ether oxygens (including phenoxy) is 1. The Morgan fingerprint density at radius 1 is 1.33 bits per heavy atom. The number of pyridine rings is 1. The molecule has 1 aliphatic carbocycles. The molecule has 6 nitrogen and oxygen atoms in total. The molecule has 1 aliphatic rings. The Morgan fingerprint density at radius 2 is 2.13 bits per heavy atom. The lowest BCUT2D eigenvalue weighted by Crippen LogP contribution is -2.23. The topological polar surface area (TPSA) is 92.9 Å². The van der Waals surface area contributed by atoms with Gasteiger partial charge in [-0.2, -0.15) is 5.26 Å². The van der Waals surface area contributed by atoms with Gasteiger partial charge in [0.25, 0.3) is 0 Å². The molecule has 1 aromatic carbocycles. The molecule has 152 valence electrons. The molecule has 0 radical (unpaired) electrons. The molecule has 2 aromatic heterocycles. The van der Waals surface area contributed by atoms with Gasteiger partial charge in [0, 0.05) is 22.2 Å². The van der Waals surface area contributed by atoms with Gasteiger partial charge in [0.15, 0.2) is 18.3 Å². The standard InChI is InChI=1S/C23H21N3O3S/c1-13-7-8-19-16(9-13)21(15-5-3-4-6-18(15)26-19)23(28)29-11-20(27)17(10-24)22-25-14(2)12-30-22/h3-6,12-13,17H,7-9,11H2,1-2H3/t13-,17+/m0/s1. The van der Waals surface area contributed by atoms with Crippen LogP contribution in [-0.4, -0.2) is 28.3 Å². The van der Waals surface area contributed by atoms with Crippen molar-refractivity contribution in [2.75, 3.05) is 6.61 Å². The third kappa shape index (κ3) is 3.83. The van der Waals surface area contributed by atoms with Crippen molar-refractivity contribution in [3.8, 4) is 6.07 Å². The number of hydrogen-bond acceptors (Lipinski definition) is 7. The molecule has 7 heteroatoms. The predicted octanol–water partition coefficient (Wildman–Crippen LogP) is 4.16. The smallest absolute Gasteiger partial charge is 0.339 e. The van der Waals surface area contributed by atoms with Crippen LogP contribution in [0.1, 0.15) is 51.6 Å². The van der Waals surface area contributed by atoms with Crippen LogP contribution in [0.2, 0.25) is 0 Å². The molecule has 0 spiro atoms. The number of esters is 1. The van der Waals surface area contributed by atoms with Crippen LogP contribution < -0.4 is 0 Å². The Bertz CT molecular complexity index is 1180. The molecule has 0 aliphatic heterocycles. The fraction of sp³-hybridized carbons (Fsp3) is 0.348. The average Bonchev–Trinajstić information content (AvgIpc) is 3.16. The lowest BCUT2D eigenvalue weighted by atomic mass is 9.84. The highest BCUT2D eigenvalue weighted by Crippen LogP contribution is 2.32. The minimum absolute atomic E-state index is 0.427. The van der Waals surface area contributed by atoms with Gasteiger partial charge in [0.1, 0.15) is 5.01 Å². The summed E-state index contributed by atoms with van der Waals surface area (Å²) in [4.78, 5) is 34.6. The Labute approximate surface area is 178 Å². The number of carbonyl (C=O) groups excluding carboxylic acids is 2. The van der Waals surface area contributed by atoms with E-state index >= 15 is 0 Å². The zero-order valence-electron chi connectivity index (χ0n) is 16.8. The van der Waals surface area contributed by atoms with Crippen molar-refractivity contribution in [2.24, 2.45) is 5.92 Å². The maximum atomic E-state index is 13.1. The van der Waals surface area contributed by atoms with Crippen LogP contribution in [-0.2, 0) is 22.4 Å². The summed E-state index contributed by atoms with van der Waals surface area (Å²) in [5.41, 5.74) is 3.84. The second-order valence-corrected chi connectivity index (χ2v) is 8.60. The van der Waals surface area contributed by atoms with Crippen LogP contribution in [0, 0.1) is 24.2 Å². The Morgan fingerprint density at radius 3 is 2.87 bits per heavy atom. The first-order valence-electron chi connectivity index (χ1n) is 9.90. The van der Waals surface area contributed by atoms with Gasteiger partial charge in [-0.05, 0) is 43.7 Å². The summed E-state index contributed by atoms with van der Waals surface area (Å²) in [6, 6.07) is 9.47. The first kappa shape index (κ1) is 20.2. The minimum atomic E-state index is -1.03. The molecule has 0 saturated carbocycles. The molecule has 0 N–H and O–H groups in total. The second kappa shape index (κ2) is 8.33. The molecule has 0 unspecified atom stereocenters.